The molecule has 4 heteroatoms. The molecule has 0 bridgehead atoms. The first-order valence-corrected chi connectivity index (χ1v) is 8.01. The lowest BCUT2D eigenvalue weighted by Gasteiger charge is -2.29. The molecule has 1 amide bonds. The Morgan fingerprint density at radius 1 is 1.24 bits per heavy atom. The van der Waals surface area contributed by atoms with Gasteiger partial charge < -0.3 is 15.0 Å². The molecule has 1 aromatic carbocycles. The zero-order valence-corrected chi connectivity index (χ0v) is 12.5. The zero-order valence-electron chi connectivity index (χ0n) is 12.5. The van der Waals surface area contributed by atoms with Crippen molar-refractivity contribution in [3.8, 4) is 0 Å². The van der Waals surface area contributed by atoms with Crippen LogP contribution in [0.2, 0.25) is 0 Å². The molecular formula is C17H24N2O2. The number of ether oxygens (including phenoxy) is 1. The van der Waals surface area contributed by atoms with Crippen LogP contribution in [0.15, 0.2) is 30.3 Å². The van der Waals surface area contributed by atoms with Crippen LogP contribution < -0.4 is 5.32 Å². The van der Waals surface area contributed by atoms with Crippen LogP contribution in [0.25, 0.3) is 0 Å². The van der Waals surface area contributed by atoms with Crippen molar-refractivity contribution >= 4 is 6.09 Å². The van der Waals surface area contributed by atoms with Crippen LogP contribution in [-0.2, 0) is 11.3 Å². The SMILES string of the molecule is O=C(OCc1ccccc1)N(C[C@H]1CCCNC1)C1CC1. The van der Waals surface area contributed by atoms with E-state index in [1.54, 1.807) is 0 Å². The highest BCUT2D eigenvalue weighted by atomic mass is 16.6. The molecule has 2 aliphatic rings. The number of piperidine rings is 1. The Bertz CT molecular complexity index is 453. The molecule has 2 fully saturated rings. The third-order valence-electron chi connectivity index (χ3n) is 4.28. The number of rotatable bonds is 5. The van der Waals surface area contributed by atoms with Crippen molar-refractivity contribution in [3.05, 3.63) is 35.9 Å². The summed E-state index contributed by atoms with van der Waals surface area (Å²) in [6, 6.07) is 10.3. The molecule has 1 saturated heterocycles. The summed E-state index contributed by atoms with van der Waals surface area (Å²) in [7, 11) is 0. The molecular weight excluding hydrogens is 264 g/mol. The molecule has 3 rings (SSSR count). The van der Waals surface area contributed by atoms with Gasteiger partial charge in [-0.3, -0.25) is 0 Å². The highest BCUT2D eigenvalue weighted by Gasteiger charge is 2.35. The highest BCUT2D eigenvalue weighted by Crippen LogP contribution is 2.29. The number of hydrogen-bond acceptors (Lipinski definition) is 3. The number of nitrogens with zero attached hydrogens (tertiary/aromatic N) is 1. The average molecular weight is 288 g/mol. The van der Waals surface area contributed by atoms with Crippen molar-refractivity contribution in [1.29, 1.82) is 0 Å². The summed E-state index contributed by atoms with van der Waals surface area (Å²) in [6.45, 7) is 3.34. The van der Waals surface area contributed by atoms with E-state index < -0.39 is 0 Å². The predicted octanol–water partition coefficient (Wildman–Crippen LogP) is 2.79. The predicted molar refractivity (Wildman–Crippen MR) is 81.9 cm³/mol. The van der Waals surface area contributed by atoms with Gasteiger partial charge in [-0.1, -0.05) is 30.3 Å². The lowest BCUT2D eigenvalue weighted by molar-refractivity contribution is 0.0852. The number of carbonyl (C=O) groups is 1. The largest absolute Gasteiger partial charge is 0.445 e. The van der Waals surface area contributed by atoms with Crippen molar-refractivity contribution in [2.45, 2.75) is 38.3 Å². The standard InChI is InChI=1S/C17H24N2O2/c20-17(21-13-14-5-2-1-3-6-14)19(16-8-9-16)12-15-7-4-10-18-11-15/h1-3,5-6,15-16,18H,4,7-13H2/t15-/m0/s1. The fraction of sp³-hybridized carbons (Fsp3) is 0.588. The van der Waals surface area contributed by atoms with Crippen molar-refractivity contribution in [2.24, 2.45) is 5.92 Å². The molecule has 1 aromatic rings. The van der Waals surface area contributed by atoms with Crippen molar-refractivity contribution in [2.75, 3.05) is 19.6 Å². The monoisotopic (exact) mass is 288 g/mol. The van der Waals surface area contributed by atoms with Crippen LogP contribution in [0.5, 0.6) is 0 Å². The van der Waals surface area contributed by atoms with Crippen LogP contribution in [0.1, 0.15) is 31.2 Å². The van der Waals surface area contributed by atoms with Crippen LogP contribution in [0.4, 0.5) is 4.79 Å². The van der Waals surface area contributed by atoms with Gasteiger partial charge in [0.05, 0.1) is 0 Å². The lowest BCUT2D eigenvalue weighted by atomic mass is 9.99. The second-order valence-electron chi connectivity index (χ2n) is 6.14. The van der Waals surface area contributed by atoms with E-state index in [1.165, 1.54) is 12.8 Å². The fourth-order valence-electron chi connectivity index (χ4n) is 2.92. The summed E-state index contributed by atoms with van der Waals surface area (Å²) in [6.07, 6.45) is 4.53. The molecule has 114 valence electrons. The number of nitrogens with one attached hydrogen (secondary N) is 1. The molecule has 1 saturated carbocycles. The molecule has 21 heavy (non-hydrogen) atoms. The maximum atomic E-state index is 12.4. The maximum Gasteiger partial charge on any atom is 0.410 e. The minimum absolute atomic E-state index is 0.146. The summed E-state index contributed by atoms with van der Waals surface area (Å²) in [5.74, 6) is 0.573. The first-order chi connectivity index (χ1) is 10.3. The van der Waals surface area contributed by atoms with Gasteiger partial charge in [-0.25, -0.2) is 4.79 Å². The van der Waals surface area contributed by atoms with E-state index in [0.717, 1.165) is 38.0 Å². The van der Waals surface area contributed by atoms with E-state index in [9.17, 15) is 4.79 Å². The highest BCUT2D eigenvalue weighted by molar-refractivity contribution is 5.68. The summed E-state index contributed by atoms with van der Waals surface area (Å²) in [5.41, 5.74) is 1.04. The smallest absolute Gasteiger partial charge is 0.410 e. The molecule has 0 aromatic heterocycles. The van der Waals surface area contributed by atoms with E-state index in [4.69, 9.17) is 4.74 Å². The third-order valence-corrected chi connectivity index (χ3v) is 4.28. The maximum absolute atomic E-state index is 12.4. The van der Waals surface area contributed by atoms with E-state index in [0.29, 0.717) is 18.6 Å². The summed E-state index contributed by atoms with van der Waals surface area (Å²) < 4.78 is 5.50. The van der Waals surface area contributed by atoms with Crippen molar-refractivity contribution in [3.63, 3.8) is 0 Å². The molecule has 1 heterocycles. The van der Waals surface area contributed by atoms with Crippen LogP contribution in [0.3, 0.4) is 0 Å². The van der Waals surface area contributed by atoms with Gasteiger partial charge in [-0.2, -0.15) is 0 Å². The number of carbonyl (C=O) groups excluding carboxylic acids is 1. The number of benzene rings is 1. The second-order valence-corrected chi connectivity index (χ2v) is 6.14. The molecule has 1 aliphatic heterocycles. The van der Waals surface area contributed by atoms with Crippen LogP contribution >= 0.6 is 0 Å². The van der Waals surface area contributed by atoms with Gasteiger partial charge in [-0.15, -0.1) is 0 Å². The van der Waals surface area contributed by atoms with Crippen LogP contribution in [-0.4, -0.2) is 36.7 Å². The normalized spacial score (nSPS) is 21.8. The average Bonchev–Trinajstić information content (AvgIpc) is 3.37. The van der Waals surface area contributed by atoms with Gasteiger partial charge in [0.1, 0.15) is 6.61 Å². The van der Waals surface area contributed by atoms with Crippen LogP contribution in [0, 0.1) is 5.92 Å². The molecule has 1 N–H and O–H groups in total. The molecule has 4 nitrogen and oxygen atoms in total. The first kappa shape index (κ1) is 14.4. The number of amides is 1. The van der Waals surface area contributed by atoms with E-state index in [1.807, 2.05) is 35.2 Å². The van der Waals surface area contributed by atoms with Gasteiger partial charge >= 0.3 is 6.09 Å². The van der Waals surface area contributed by atoms with Gasteiger partial charge in [0.15, 0.2) is 0 Å². The fourth-order valence-corrected chi connectivity index (χ4v) is 2.92. The minimum atomic E-state index is -0.146. The Morgan fingerprint density at radius 3 is 2.71 bits per heavy atom. The van der Waals surface area contributed by atoms with Gasteiger partial charge in [0.2, 0.25) is 0 Å². The van der Waals surface area contributed by atoms with E-state index >= 15 is 0 Å². The molecule has 1 atom stereocenters. The van der Waals surface area contributed by atoms with Crippen molar-refractivity contribution < 1.29 is 9.53 Å². The van der Waals surface area contributed by atoms with Gasteiger partial charge in [0, 0.05) is 12.6 Å². The molecule has 0 unspecified atom stereocenters. The Hall–Kier alpha value is -1.55. The summed E-state index contributed by atoms with van der Waals surface area (Å²) in [4.78, 5) is 14.3. The quantitative estimate of drug-likeness (QED) is 0.906. The Kier molecular flexibility index (Phi) is 4.76. The Labute approximate surface area is 126 Å². The Balaban J connectivity index is 1.52. The topological polar surface area (TPSA) is 41.6 Å². The Morgan fingerprint density at radius 2 is 2.05 bits per heavy atom. The lowest BCUT2D eigenvalue weighted by Crippen LogP contribution is -2.42. The summed E-state index contributed by atoms with van der Waals surface area (Å²) in [5, 5.41) is 3.42. The minimum Gasteiger partial charge on any atom is -0.445 e. The van der Waals surface area contributed by atoms with E-state index in [-0.39, 0.29) is 6.09 Å². The molecule has 0 spiro atoms. The van der Waals surface area contributed by atoms with E-state index in [2.05, 4.69) is 5.32 Å². The van der Waals surface area contributed by atoms with Gasteiger partial charge in [-0.05, 0) is 50.3 Å². The third kappa shape index (κ3) is 4.21. The van der Waals surface area contributed by atoms with Gasteiger partial charge in [0.25, 0.3) is 0 Å². The molecule has 0 radical (unpaired) electrons. The number of hydrogen-bond donors (Lipinski definition) is 1. The zero-order chi connectivity index (χ0) is 14.5. The molecule has 1 aliphatic carbocycles. The summed E-state index contributed by atoms with van der Waals surface area (Å²) >= 11 is 0. The van der Waals surface area contributed by atoms with Crippen molar-refractivity contribution in [1.82, 2.24) is 10.2 Å². The second kappa shape index (κ2) is 6.94. The first-order valence-electron chi connectivity index (χ1n) is 8.01.